The molecule has 0 bridgehead atoms. The lowest BCUT2D eigenvalue weighted by atomic mass is 9.85. The Morgan fingerprint density at radius 2 is 1.68 bits per heavy atom. The Labute approximate surface area is 218 Å². The zero-order valence-corrected chi connectivity index (χ0v) is 21.9. The zero-order chi connectivity index (χ0) is 26.6. The van der Waals surface area contributed by atoms with Crippen LogP contribution in [0.5, 0.6) is 0 Å². The number of carboxylic acid groups (broad SMARTS) is 1. The predicted octanol–water partition coefficient (Wildman–Crippen LogP) is 6.16. The lowest BCUT2D eigenvalue weighted by Crippen LogP contribution is -2.39. The fraction of sp³-hybridized carbons (Fsp3) is 0.483. The third-order valence-corrected chi connectivity index (χ3v) is 7.25. The van der Waals surface area contributed by atoms with Gasteiger partial charge in [0, 0.05) is 30.9 Å². The molecule has 3 amide bonds. The van der Waals surface area contributed by atoms with Crippen molar-refractivity contribution in [2.75, 3.05) is 17.2 Å². The van der Waals surface area contributed by atoms with Gasteiger partial charge in [0.2, 0.25) is 0 Å². The Kier molecular flexibility index (Phi) is 8.05. The van der Waals surface area contributed by atoms with E-state index in [0.29, 0.717) is 38.0 Å². The number of nitrogens with one attached hydrogen (secondary N) is 2. The number of hydrogen-bond donors (Lipinski definition) is 3. The molecule has 0 spiro atoms. The molecule has 0 atom stereocenters. The molecule has 2 aromatic carbocycles. The van der Waals surface area contributed by atoms with E-state index >= 15 is 0 Å². The number of benzene rings is 2. The number of carboxylic acids is 1. The number of amides is 3. The molecule has 8 nitrogen and oxygen atoms in total. The number of nitrogens with zero attached hydrogens (tertiary/aromatic N) is 1. The molecule has 198 valence electrons. The summed E-state index contributed by atoms with van der Waals surface area (Å²) in [5.41, 5.74) is 4.73. The zero-order valence-electron chi connectivity index (χ0n) is 21.9. The average molecular weight is 508 g/mol. The quantitative estimate of drug-likeness (QED) is 0.449. The fourth-order valence-corrected chi connectivity index (χ4v) is 5.06. The number of urea groups is 1. The summed E-state index contributed by atoms with van der Waals surface area (Å²) >= 11 is 0. The summed E-state index contributed by atoms with van der Waals surface area (Å²) in [7, 11) is 0. The molecule has 1 aliphatic heterocycles. The Morgan fingerprint density at radius 1 is 0.973 bits per heavy atom. The number of anilines is 2. The highest BCUT2D eigenvalue weighted by molar-refractivity contribution is 5.99. The summed E-state index contributed by atoms with van der Waals surface area (Å²) in [6.45, 7) is 7.42. The van der Waals surface area contributed by atoms with Crippen LogP contribution in [0.3, 0.4) is 0 Å². The molecule has 0 saturated heterocycles. The van der Waals surface area contributed by atoms with Crippen LogP contribution < -0.4 is 10.6 Å². The summed E-state index contributed by atoms with van der Waals surface area (Å²) in [5.74, 6) is -0.592. The number of rotatable bonds is 5. The Balaban J connectivity index is 1.28. The minimum absolute atomic E-state index is 0.00557. The van der Waals surface area contributed by atoms with Crippen LogP contribution in [0.2, 0.25) is 0 Å². The fourth-order valence-electron chi connectivity index (χ4n) is 5.06. The second kappa shape index (κ2) is 11.2. The minimum atomic E-state index is -0.766. The molecule has 1 fully saturated rings. The topological polar surface area (TPSA) is 108 Å². The monoisotopic (exact) mass is 507 g/mol. The second-order valence-corrected chi connectivity index (χ2v) is 11.2. The van der Waals surface area contributed by atoms with Gasteiger partial charge in [-0.25, -0.2) is 9.59 Å². The molecule has 2 aliphatic rings. The molecule has 1 saturated carbocycles. The molecule has 2 aromatic rings. The van der Waals surface area contributed by atoms with Gasteiger partial charge in [-0.15, -0.1) is 0 Å². The number of hydrogen-bond acceptors (Lipinski definition) is 4. The molecule has 3 N–H and O–H groups in total. The highest BCUT2D eigenvalue weighted by Crippen LogP contribution is 2.30. The van der Waals surface area contributed by atoms with Crippen LogP contribution in [0.4, 0.5) is 21.0 Å². The van der Waals surface area contributed by atoms with Gasteiger partial charge in [-0.1, -0.05) is 39.0 Å². The van der Waals surface area contributed by atoms with E-state index in [-0.39, 0.29) is 36.0 Å². The van der Waals surface area contributed by atoms with E-state index in [9.17, 15) is 14.4 Å². The molecule has 8 heteroatoms. The highest BCUT2D eigenvalue weighted by Gasteiger charge is 2.28. The summed E-state index contributed by atoms with van der Waals surface area (Å²) in [4.78, 5) is 38.0. The number of ether oxygens (including phenoxy) is 1. The molecule has 1 heterocycles. The molecule has 37 heavy (non-hydrogen) atoms. The van der Waals surface area contributed by atoms with Crippen molar-refractivity contribution in [2.24, 2.45) is 5.92 Å². The van der Waals surface area contributed by atoms with E-state index in [1.807, 2.05) is 36.4 Å². The number of carbonyl (C=O) groups is 3. The van der Waals surface area contributed by atoms with Crippen LogP contribution in [0.1, 0.15) is 69.6 Å². The highest BCUT2D eigenvalue weighted by atomic mass is 16.6. The molecule has 0 aromatic heterocycles. The van der Waals surface area contributed by atoms with E-state index in [4.69, 9.17) is 9.84 Å². The van der Waals surface area contributed by atoms with Crippen molar-refractivity contribution < 1.29 is 24.2 Å². The van der Waals surface area contributed by atoms with Crippen molar-refractivity contribution in [2.45, 2.75) is 77.4 Å². The molecular formula is C29H37N3O5. The van der Waals surface area contributed by atoms with Gasteiger partial charge < -0.3 is 25.4 Å². The molecule has 4 rings (SSSR count). The lowest BCUT2D eigenvalue weighted by molar-refractivity contribution is -0.138. The van der Waals surface area contributed by atoms with Crippen molar-refractivity contribution in [1.82, 2.24) is 4.90 Å². The summed E-state index contributed by atoms with van der Waals surface area (Å²) in [5, 5.41) is 14.8. The smallest absolute Gasteiger partial charge is 0.410 e. The van der Waals surface area contributed by atoms with Gasteiger partial charge in [0.05, 0.1) is 0 Å². The third-order valence-electron chi connectivity index (χ3n) is 7.25. The van der Waals surface area contributed by atoms with E-state index in [1.165, 1.54) is 0 Å². The molecular weight excluding hydrogens is 470 g/mol. The third kappa shape index (κ3) is 7.24. The van der Waals surface area contributed by atoms with Gasteiger partial charge >= 0.3 is 18.1 Å². The minimum Gasteiger partial charge on any atom is -0.481 e. The van der Waals surface area contributed by atoms with Gasteiger partial charge in [-0.05, 0) is 84.4 Å². The SMILES string of the molecule is CC(C)(C)c1cccc(NC(=O)Nc2ccc3c(c2)CCN(C(=O)OC2CCC(CC(=O)O)CC2)C3)c1. The van der Waals surface area contributed by atoms with Crippen LogP contribution in [0.15, 0.2) is 42.5 Å². The van der Waals surface area contributed by atoms with Gasteiger partial charge in [-0.3, -0.25) is 4.79 Å². The van der Waals surface area contributed by atoms with Crippen molar-refractivity contribution in [1.29, 1.82) is 0 Å². The standard InChI is InChI=1S/C29H37N3O5/c1-29(2,3)22-5-4-6-23(17-22)30-27(35)31-24-10-9-21-18-32(14-13-20(21)16-24)28(36)37-25-11-7-19(8-12-25)15-26(33)34/h4-6,9-10,16-17,19,25H,7-8,11-15,18H2,1-3H3,(H,33,34)(H2,30,31,35). The summed E-state index contributed by atoms with van der Waals surface area (Å²) in [6, 6.07) is 13.3. The first-order valence-electron chi connectivity index (χ1n) is 13.0. The molecule has 1 aliphatic carbocycles. The van der Waals surface area contributed by atoms with Gasteiger partial charge in [0.15, 0.2) is 0 Å². The predicted molar refractivity (Wildman–Crippen MR) is 143 cm³/mol. The van der Waals surface area contributed by atoms with E-state index in [0.717, 1.165) is 35.2 Å². The Bertz CT molecular complexity index is 1150. The van der Waals surface area contributed by atoms with Crippen LogP contribution in [0, 0.1) is 5.92 Å². The summed E-state index contributed by atoms with van der Waals surface area (Å²) in [6.07, 6.45) is 3.39. The van der Waals surface area contributed by atoms with Crippen LogP contribution in [-0.2, 0) is 27.9 Å². The lowest BCUT2D eigenvalue weighted by Gasteiger charge is -2.32. The first-order chi connectivity index (χ1) is 17.6. The van der Waals surface area contributed by atoms with E-state index < -0.39 is 5.97 Å². The summed E-state index contributed by atoms with van der Waals surface area (Å²) < 4.78 is 5.74. The van der Waals surface area contributed by atoms with Crippen molar-refractivity contribution in [3.63, 3.8) is 0 Å². The van der Waals surface area contributed by atoms with Crippen LogP contribution in [-0.4, -0.2) is 40.7 Å². The van der Waals surface area contributed by atoms with Crippen LogP contribution >= 0.6 is 0 Å². The Hall–Kier alpha value is -3.55. The molecule has 0 radical (unpaired) electrons. The molecule has 0 unspecified atom stereocenters. The maximum absolute atomic E-state index is 12.8. The number of carbonyl (C=O) groups excluding carboxylic acids is 2. The number of fused-ring (bicyclic) bond motifs is 1. The van der Waals surface area contributed by atoms with E-state index in [2.05, 4.69) is 37.5 Å². The van der Waals surface area contributed by atoms with Crippen LogP contribution in [0.25, 0.3) is 0 Å². The average Bonchev–Trinajstić information content (AvgIpc) is 2.84. The second-order valence-electron chi connectivity index (χ2n) is 11.2. The maximum atomic E-state index is 12.8. The largest absolute Gasteiger partial charge is 0.481 e. The van der Waals surface area contributed by atoms with Gasteiger partial charge in [0.25, 0.3) is 0 Å². The van der Waals surface area contributed by atoms with E-state index in [1.54, 1.807) is 4.90 Å². The first-order valence-corrected chi connectivity index (χ1v) is 13.0. The van der Waals surface area contributed by atoms with Crippen molar-refractivity contribution in [3.8, 4) is 0 Å². The van der Waals surface area contributed by atoms with Crippen molar-refractivity contribution in [3.05, 3.63) is 59.2 Å². The first kappa shape index (κ1) is 26.5. The normalized spacial score (nSPS) is 19.5. The van der Waals surface area contributed by atoms with Gasteiger partial charge in [0.1, 0.15) is 6.10 Å². The van der Waals surface area contributed by atoms with Crippen molar-refractivity contribution >= 4 is 29.5 Å². The Morgan fingerprint density at radius 3 is 2.35 bits per heavy atom. The van der Waals surface area contributed by atoms with Gasteiger partial charge in [-0.2, -0.15) is 0 Å². The number of aliphatic carboxylic acids is 1. The maximum Gasteiger partial charge on any atom is 0.410 e.